The van der Waals surface area contributed by atoms with Crippen molar-refractivity contribution in [1.29, 1.82) is 0 Å². The van der Waals surface area contributed by atoms with E-state index in [-0.39, 0.29) is 29.3 Å². The van der Waals surface area contributed by atoms with E-state index in [0.29, 0.717) is 11.3 Å². The Balaban J connectivity index is 1.97. The average molecular weight is 456 g/mol. The molecular formula is C19H25N3O6S2. The van der Waals surface area contributed by atoms with Crippen LogP contribution in [0.25, 0.3) is 0 Å². The molecule has 0 unspecified atom stereocenters. The number of carbonyl (C=O) groups excluding carboxylic acids is 1. The first-order valence-corrected chi connectivity index (χ1v) is 12.3. The Morgan fingerprint density at radius 3 is 2.33 bits per heavy atom. The fraction of sp³-hybridized carbons (Fsp3) is 0.316. The Kier molecular flexibility index (Phi) is 7.45. The molecule has 0 spiro atoms. The Labute approximate surface area is 176 Å². The van der Waals surface area contributed by atoms with Gasteiger partial charge in [0.25, 0.3) is 0 Å². The van der Waals surface area contributed by atoms with E-state index in [4.69, 9.17) is 4.74 Å². The van der Waals surface area contributed by atoms with E-state index in [0.717, 1.165) is 11.8 Å². The number of sulfonamides is 2. The molecule has 0 radical (unpaired) electrons. The molecule has 164 valence electrons. The first-order chi connectivity index (χ1) is 13.9. The second-order valence-corrected chi connectivity index (χ2v) is 10.2. The maximum absolute atomic E-state index is 12.4. The number of rotatable bonds is 9. The molecule has 9 nitrogen and oxygen atoms in total. The summed E-state index contributed by atoms with van der Waals surface area (Å²) in [5, 5.41) is 2.62. The van der Waals surface area contributed by atoms with E-state index in [2.05, 4.69) is 14.8 Å². The zero-order valence-electron chi connectivity index (χ0n) is 17.1. The summed E-state index contributed by atoms with van der Waals surface area (Å²) in [5.74, 6) is -0.182. The highest BCUT2D eigenvalue weighted by Gasteiger charge is 2.17. The normalized spacial score (nSPS) is 11.7. The van der Waals surface area contributed by atoms with Gasteiger partial charge in [-0.15, -0.1) is 0 Å². The molecule has 30 heavy (non-hydrogen) atoms. The maximum Gasteiger partial charge on any atom is 0.240 e. The van der Waals surface area contributed by atoms with Crippen LogP contribution in [-0.2, 0) is 24.8 Å². The summed E-state index contributed by atoms with van der Waals surface area (Å²) in [5.41, 5.74) is 2.20. The van der Waals surface area contributed by atoms with Crippen molar-refractivity contribution in [3.05, 3.63) is 47.5 Å². The monoisotopic (exact) mass is 455 g/mol. The zero-order valence-corrected chi connectivity index (χ0v) is 18.8. The number of nitrogens with one attached hydrogen (secondary N) is 3. The van der Waals surface area contributed by atoms with Crippen LogP contribution in [0.5, 0.6) is 5.75 Å². The van der Waals surface area contributed by atoms with Gasteiger partial charge in [0.05, 0.1) is 23.9 Å². The van der Waals surface area contributed by atoms with Crippen LogP contribution in [0.3, 0.4) is 0 Å². The van der Waals surface area contributed by atoms with Crippen LogP contribution < -0.4 is 19.5 Å². The van der Waals surface area contributed by atoms with E-state index < -0.39 is 26.0 Å². The third kappa shape index (κ3) is 6.71. The number of anilines is 2. The van der Waals surface area contributed by atoms with Crippen molar-refractivity contribution in [3.63, 3.8) is 0 Å². The third-order valence-electron chi connectivity index (χ3n) is 4.04. The van der Waals surface area contributed by atoms with Gasteiger partial charge in [-0.25, -0.2) is 21.6 Å². The van der Waals surface area contributed by atoms with Gasteiger partial charge in [-0.3, -0.25) is 9.52 Å². The van der Waals surface area contributed by atoms with Crippen LogP contribution in [0.1, 0.15) is 17.5 Å². The molecule has 0 heterocycles. The van der Waals surface area contributed by atoms with Gasteiger partial charge in [-0.2, -0.15) is 0 Å². The number of amides is 1. The van der Waals surface area contributed by atoms with Crippen molar-refractivity contribution < 1.29 is 26.4 Å². The minimum absolute atomic E-state index is 0.0770. The summed E-state index contributed by atoms with van der Waals surface area (Å²) in [7, 11) is -5.84. The number of ether oxygens (including phenoxy) is 1. The minimum atomic E-state index is -3.73. The number of hydrogen-bond acceptors (Lipinski definition) is 6. The van der Waals surface area contributed by atoms with E-state index in [1.54, 1.807) is 19.1 Å². The largest absolute Gasteiger partial charge is 0.494 e. The van der Waals surface area contributed by atoms with Crippen LogP contribution >= 0.6 is 0 Å². The predicted octanol–water partition coefficient (Wildman–Crippen LogP) is 1.99. The summed E-state index contributed by atoms with van der Waals surface area (Å²) < 4.78 is 57.5. The third-order valence-corrected chi connectivity index (χ3v) is 6.26. The molecule has 0 aliphatic carbocycles. The molecular weight excluding hydrogens is 430 g/mol. The van der Waals surface area contributed by atoms with Crippen molar-refractivity contribution in [3.8, 4) is 5.75 Å². The standard InChI is InChI=1S/C19H25N3O6S2/c1-13-5-8-18(14(2)11-13)30(26,27)20-10-9-19(23)21-15-6-7-16(17(12-15)28-3)22-29(4,24)25/h5-8,11-12,20,22H,9-10H2,1-4H3,(H,21,23). The molecule has 0 saturated carbocycles. The number of carbonyl (C=O) groups is 1. The van der Waals surface area contributed by atoms with Gasteiger partial charge in [0.1, 0.15) is 5.75 Å². The highest BCUT2D eigenvalue weighted by atomic mass is 32.2. The minimum Gasteiger partial charge on any atom is -0.494 e. The van der Waals surface area contributed by atoms with Crippen molar-refractivity contribution in [2.24, 2.45) is 0 Å². The van der Waals surface area contributed by atoms with Gasteiger partial charge in [0.2, 0.25) is 26.0 Å². The van der Waals surface area contributed by atoms with Gasteiger partial charge in [0, 0.05) is 24.7 Å². The topological polar surface area (TPSA) is 131 Å². The number of aryl methyl sites for hydroxylation is 2. The van der Waals surface area contributed by atoms with Gasteiger partial charge in [0.15, 0.2) is 0 Å². The lowest BCUT2D eigenvalue weighted by molar-refractivity contribution is -0.116. The SMILES string of the molecule is COc1cc(NC(=O)CCNS(=O)(=O)c2ccc(C)cc2C)ccc1NS(C)(=O)=O. The molecule has 1 amide bonds. The van der Waals surface area contributed by atoms with Crippen molar-refractivity contribution in [2.75, 3.05) is 29.9 Å². The molecule has 0 aliphatic heterocycles. The second-order valence-electron chi connectivity index (χ2n) is 6.75. The molecule has 2 aromatic rings. The van der Waals surface area contributed by atoms with Crippen molar-refractivity contribution in [1.82, 2.24) is 4.72 Å². The van der Waals surface area contributed by atoms with Crippen molar-refractivity contribution >= 4 is 37.3 Å². The summed E-state index contributed by atoms with van der Waals surface area (Å²) in [6.07, 6.45) is 0.928. The Morgan fingerprint density at radius 1 is 1.03 bits per heavy atom. The average Bonchev–Trinajstić information content (AvgIpc) is 2.61. The Morgan fingerprint density at radius 2 is 1.73 bits per heavy atom. The quantitative estimate of drug-likeness (QED) is 0.530. The lowest BCUT2D eigenvalue weighted by Crippen LogP contribution is -2.28. The fourth-order valence-electron chi connectivity index (χ4n) is 2.75. The number of hydrogen-bond donors (Lipinski definition) is 3. The molecule has 0 aromatic heterocycles. The second kappa shape index (κ2) is 9.45. The molecule has 0 aliphatic rings. The highest BCUT2D eigenvalue weighted by Crippen LogP contribution is 2.28. The predicted molar refractivity (Wildman–Crippen MR) is 116 cm³/mol. The van der Waals surface area contributed by atoms with Crippen molar-refractivity contribution in [2.45, 2.75) is 25.2 Å². The fourth-order valence-corrected chi connectivity index (χ4v) is 4.58. The number of benzene rings is 2. The van der Waals surface area contributed by atoms with Gasteiger partial charge < -0.3 is 10.1 Å². The van der Waals surface area contributed by atoms with E-state index in [1.807, 2.05) is 6.92 Å². The molecule has 0 fully saturated rings. The summed E-state index contributed by atoms with van der Waals surface area (Å²) in [6.45, 7) is 3.51. The highest BCUT2D eigenvalue weighted by molar-refractivity contribution is 7.92. The van der Waals surface area contributed by atoms with Gasteiger partial charge in [-0.1, -0.05) is 17.7 Å². The number of methoxy groups -OCH3 is 1. The first-order valence-electron chi connectivity index (χ1n) is 8.94. The zero-order chi connectivity index (χ0) is 22.5. The maximum atomic E-state index is 12.4. The van der Waals surface area contributed by atoms with E-state index in [1.165, 1.54) is 31.4 Å². The Bertz CT molecular complexity index is 1140. The molecule has 2 rings (SSSR count). The van der Waals surface area contributed by atoms with E-state index >= 15 is 0 Å². The molecule has 0 atom stereocenters. The van der Waals surface area contributed by atoms with Crippen LogP contribution in [-0.4, -0.2) is 42.7 Å². The van der Waals surface area contributed by atoms with Crippen LogP contribution in [0.15, 0.2) is 41.3 Å². The lowest BCUT2D eigenvalue weighted by Gasteiger charge is -2.13. The van der Waals surface area contributed by atoms with Crippen LogP contribution in [0.2, 0.25) is 0 Å². The molecule has 2 aromatic carbocycles. The molecule has 3 N–H and O–H groups in total. The summed E-state index contributed by atoms with van der Waals surface area (Å²) >= 11 is 0. The van der Waals surface area contributed by atoms with Crippen LogP contribution in [0, 0.1) is 13.8 Å². The molecule has 0 saturated heterocycles. The smallest absolute Gasteiger partial charge is 0.240 e. The Hall–Kier alpha value is -2.63. The lowest BCUT2D eigenvalue weighted by atomic mass is 10.2. The van der Waals surface area contributed by atoms with E-state index in [9.17, 15) is 21.6 Å². The van der Waals surface area contributed by atoms with Gasteiger partial charge >= 0.3 is 0 Å². The molecule has 11 heteroatoms. The summed E-state index contributed by atoms with van der Waals surface area (Å²) in [4.78, 5) is 12.3. The summed E-state index contributed by atoms with van der Waals surface area (Å²) in [6, 6.07) is 9.45. The van der Waals surface area contributed by atoms with Crippen LogP contribution in [0.4, 0.5) is 11.4 Å². The first kappa shape index (κ1) is 23.6. The van der Waals surface area contributed by atoms with Gasteiger partial charge in [-0.05, 0) is 37.6 Å². The molecule has 0 bridgehead atoms.